The third-order valence-corrected chi connectivity index (χ3v) is 3.65. The van der Waals surface area contributed by atoms with Crippen LogP contribution in [-0.2, 0) is 6.42 Å². The molecule has 0 saturated heterocycles. The van der Waals surface area contributed by atoms with Crippen LogP contribution in [0.15, 0.2) is 53.5 Å². The summed E-state index contributed by atoms with van der Waals surface area (Å²) >= 11 is 0. The lowest BCUT2D eigenvalue weighted by atomic mass is 10.1. The Morgan fingerprint density at radius 2 is 1.87 bits per heavy atom. The van der Waals surface area contributed by atoms with E-state index in [9.17, 15) is 4.79 Å². The van der Waals surface area contributed by atoms with E-state index in [1.807, 2.05) is 6.07 Å². The summed E-state index contributed by atoms with van der Waals surface area (Å²) in [5.74, 6) is 0. The van der Waals surface area contributed by atoms with Crippen molar-refractivity contribution >= 4 is 11.0 Å². The average Bonchev–Trinajstić information content (AvgIpc) is 2.59. The van der Waals surface area contributed by atoms with Crippen molar-refractivity contribution < 1.29 is 4.74 Å². The second-order valence-electron chi connectivity index (χ2n) is 5.39. The summed E-state index contributed by atoms with van der Waals surface area (Å²) in [7, 11) is 0. The molecule has 1 aromatic carbocycles. The molecule has 2 heterocycles. The van der Waals surface area contributed by atoms with Crippen LogP contribution in [0.1, 0.15) is 24.8 Å². The second-order valence-corrected chi connectivity index (χ2v) is 5.39. The van der Waals surface area contributed by atoms with Gasteiger partial charge in [-0.2, -0.15) is 4.98 Å². The van der Waals surface area contributed by atoms with Gasteiger partial charge in [0.15, 0.2) is 5.65 Å². The quantitative estimate of drug-likeness (QED) is 0.681. The predicted molar refractivity (Wildman–Crippen MR) is 89.7 cm³/mol. The summed E-state index contributed by atoms with van der Waals surface area (Å²) < 4.78 is 5.54. The molecule has 118 valence electrons. The van der Waals surface area contributed by atoms with Crippen LogP contribution in [0.2, 0.25) is 0 Å². The lowest BCUT2D eigenvalue weighted by molar-refractivity contribution is 0.282. The molecule has 0 atom stereocenters. The van der Waals surface area contributed by atoms with Crippen LogP contribution < -0.4 is 10.3 Å². The molecule has 1 N–H and O–H groups in total. The van der Waals surface area contributed by atoms with Crippen molar-refractivity contribution in [3.63, 3.8) is 0 Å². The summed E-state index contributed by atoms with van der Waals surface area (Å²) in [5, 5.41) is 0.475. The van der Waals surface area contributed by atoms with Crippen molar-refractivity contribution in [1.82, 2.24) is 15.0 Å². The van der Waals surface area contributed by atoms with Crippen molar-refractivity contribution in [2.45, 2.75) is 25.7 Å². The van der Waals surface area contributed by atoms with E-state index in [4.69, 9.17) is 4.74 Å². The van der Waals surface area contributed by atoms with Gasteiger partial charge < -0.3 is 4.74 Å². The summed E-state index contributed by atoms with van der Waals surface area (Å²) in [6.45, 7) is 0.538. The molecule has 0 radical (unpaired) electrons. The molecule has 3 rings (SSSR count). The van der Waals surface area contributed by atoms with E-state index >= 15 is 0 Å². The number of fused-ring (bicyclic) bond motifs is 1. The molecule has 5 nitrogen and oxygen atoms in total. The number of hydrogen-bond acceptors (Lipinski definition) is 4. The van der Waals surface area contributed by atoms with Gasteiger partial charge in [0.2, 0.25) is 0 Å². The topological polar surface area (TPSA) is 67.9 Å². The number of rotatable bonds is 7. The molecular formula is C18H19N3O2. The van der Waals surface area contributed by atoms with Crippen molar-refractivity contribution in [1.29, 1.82) is 0 Å². The average molecular weight is 309 g/mol. The number of nitrogens with zero attached hydrogens (tertiary/aromatic N) is 2. The molecular weight excluding hydrogens is 290 g/mol. The third-order valence-electron chi connectivity index (χ3n) is 3.65. The van der Waals surface area contributed by atoms with E-state index in [-0.39, 0.29) is 11.6 Å². The molecule has 23 heavy (non-hydrogen) atoms. The second kappa shape index (κ2) is 7.54. The highest BCUT2D eigenvalue weighted by Crippen LogP contribution is 2.09. The maximum atomic E-state index is 11.9. The van der Waals surface area contributed by atoms with Crippen LogP contribution in [-0.4, -0.2) is 21.6 Å². The summed E-state index contributed by atoms with van der Waals surface area (Å²) in [6.07, 6.45) is 5.82. The number of pyridine rings is 1. The van der Waals surface area contributed by atoms with E-state index in [1.54, 1.807) is 18.3 Å². The monoisotopic (exact) mass is 309 g/mol. The third kappa shape index (κ3) is 4.16. The van der Waals surface area contributed by atoms with E-state index in [2.05, 4.69) is 39.2 Å². The molecule has 0 aliphatic carbocycles. The molecule has 0 fully saturated rings. The van der Waals surface area contributed by atoms with Gasteiger partial charge in [0.1, 0.15) is 0 Å². The van der Waals surface area contributed by atoms with Crippen LogP contribution in [0.4, 0.5) is 0 Å². The minimum absolute atomic E-state index is 0.220. The fraction of sp³-hybridized carbons (Fsp3) is 0.278. The van der Waals surface area contributed by atoms with Gasteiger partial charge >= 0.3 is 0 Å². The lowest BCUT2D eigenvalue weighted by Crippen LogP contribution is -2.12. The van der Waals surface area contributed by atoms with Crippen molar-refractivity contribution in [2.24, 2.45) is 0 Å². The van der Waals surface area contributed by atoms with Gasteiger partial charge in [0.25, 0.3) is 11.6 Å². The number of aromatic nitrogens is 3. The first-order valence-electron chi connectivity index (χ1n) is 7.85. The number of H-pyrrole nitrogens is 1. The molecule has 3 aromatic rings. The van der Waals surface area contributed by atoms with E-state index < -0.39 is 0 Å². The predicted octanol–water partition coefficient (Wildman–Crippen LogP) is 3.11. The molecule has 0 unspecified atom stereocenters. The zero-order valence-corrected chi connectivity index (χ0v) is 12.9. The minimum Gasteiger partial charge on any atom is -0.465 e. The number of ether oxygens (including phenoxy) is 1. The minimum atomic E-state index is -0.220. The Bertz CT molecular complexity index is 815. The van der Waals surface area contributed by atoms with Crippen LogP contribution >= 0.6 is 0 Å². The number of hydrogen-bond donors (Lipinski definition) is 1. The van der Waals surface area contributed by atoms with Gasteiger partial charge in [-0.3, -0.25) is 9.78 Å². The fourth-order valence-corrected chi connectivity index (χ4v) is 2.44. The molecule has 0 saturated carbocycles. The highest BCUT2D eigenvalue weighted by Gasteiger charge is 2.04. The number of unbranched alkanes of at least 4 members (excludes halogenated alkanes) is 2. The fourth-order valence-electron chi connectivity index (χ4n) is 2.44. The normalized spacial score (nSPS) is 10.8. The van der Waals surface area contributed by atoms with Gasteiger partial charge in [-0.25, -0.2) is 4.98 Å². The Balaban J connectivity index is 1.45. The Labute approximate surface area is 134 Å². The van der Waals surface area contributed by atoms with Gasteiger partial charge in [-0.05, 0) is 43.4 Å². The first-order valence-corrected chi connectivity index (χ1v) is 7.85. The van der Waals surface area contributed by atoms with Crippen LogP contribution in [0.5, 0.6) is 6.01 Å². The summed E-state index contributed by atoms with van der Waals surface area (Å²) in [6, 6.07) is 14.1. The van der Waals surface area contributed by atoms with Crippen molar-refractivity contribution in [2.75, 3.05) is 6.61 Å². The largest absolute Gasteiger partial charge is 0.465 e. The molecule has 5 heteroatoms. The first-order chi connectivity index (χ1) is 11.3. The molecule has 0 aliphatic heterocycles. The maximum absolute atomic E-state index is 11.9. The molecule has 0 amide bonds. The number of aromatic amines is 1. The number of nitrogens with one attached hydrogen (secondary N) is 1. The zero-order valence-electron chi connectivity index (χ0n) is 12.9. The molecule has 0 bridgehead atoms. The molecule has 2 aromatic heterocycles. The summed E-state index contributed by atoms with van der Waals surface area (Å²) in [4.78, 5) is 22.8. The van der Waals surface area contributed by atoms with Gasteiger partial charge in [0.05, 0.1) is 12.0 Å². The van der Waals surface area contributed by atoms with Crippen LogP contribution in [0.3, 0.4) is 0 Å². The highest BCUT2D eigenvalue weighted by molar-refractivity contribution is 5.72. The SMILES string of the molecule is O=c1[nH]c(OCCCCCc2ccccc2)nc2ncccc12. The maximum Gasteiger partial charge on any atom is 0.298 e. The van der Waals surface area contributed by atoms with E-state index in [1.165, 1.54) is 5.56 Å². The molecule has 0 aliphatic rings. The van der Waals surface area contributed by atoms with Crippen LogP contribution in [0.25, 0.3) is 11.0 Å². The van der Waals surface area contributed by atoms with E-state index in [0.29, 0.717) is 17.6 Å². The standard InChI is InChI=1S/C18H19N3O2/c22-17-15-11-7-12-19-16(15)20-18(21-17)23-13-6-2-5-10-14-8-3-1-4-9-14/h1,3-4,7-9,11-12H,2,5-6,10,13H2,(H,19,20,21,22). The van der Waals surface area contributed by atoms with Crippen LogP contribution in [0, 0.1) is 0 Å². The summed E-state index contributed by atoms with van der Waals surface area (Å²) in [5.41, 5.74) is 1.55. The number of aryl methyl sites for hydroxylation is 1. The van der Waals surface area contributed by atoms with E-state index in [0.717, 1.165) is 25.7 Å². The van der Waals surface area contributed by atoms with Crippen molar-refractivity contribution in [3.05, 3.63) is 64.6 Å². The molecule has 0 spiro atoms. The Morgan fingerprint density at radius 1 is 1.00 bits per heavy atom. The number of benzene rings is 1. The first kappa shape index (κ1) is 15.2. The zero-order chi connectivity index (χ0) is 15.9. The Morgan fingerprint density at radius 3 is 2.74 bits per heavy atom. The van der Waals surface area contributed by atoms with Crippen molar-refractivity contribution in [3.8, 4) is 6.01 Å². The highest BCUT2D eigenvalue weighted by atomic mass is 16.5. The smallest absolute Gasteiger partial charge is 0.298 e. The Hall–Kier alpha value is -2.69. The van der Waals surface area contributed by atoms with Gasteiger partial charge in [-0.15, -0.1) is 0 Å². The van der Waals surface area contributed by atoms with Gasteiger partial charge in [0, 0.05) is 6.20 Å². The lowest BCUT2D eigenvalue weighted by Gasteiger charge is -2.05. The van der Waals surface area contributed by atoms with Gasteiger partial charge in [-0.1, -0.05) is 30.3 Å². The Kier molecular flexibility index (Phi) is 4.99.